The number of unbranched alkanes of at least 4 members (excludes halogenated alkanes) is 3. The summed E-state index contributed by atoms with van der Waals surface area (Å²) in [5.41, 5.74) is 1.09. The summed E-state index contributed by atoms with van der Waals surface area (Å²) in [6, 6.07) is 6.08. The van der Waals surface area contributed by atoms with Crippen molar-refractivity contribution in [1.29, 1.82) is 0 Å². The predicted molar refractivity (Wildman–Crippen MR) is 96.4 cm³/mol. The van der Waals surface area contributed by atoms with E-state index >= 15 is 0 Å². The molecule has 1 rings (SSSR count). The molecule has 0 saturated carbocycles. The van der Waals surface area contributed by atoms with Crippen LogP contribution in [-0.4, -0.2) is 24.9 Å². The first-order chi connectivity index (χ1) is 10.9. The highest BCUT2D eigenvalue weighted by Crippen LogP contribution is 2.30. The summed E-state index contributed by atoms with van der Waals surface area (Å²) in [7, 11) is 1.67. The van der Waals surface area contributed by atoms with E-state index in [1.807, 2.05) is 12.1 Å². The Morgan fingerprint density at radius 2 is 1.83 bits per heavy atom. The zero-order chi connectivity index (χ0) is 17.3. The molecule has 1 N–H and O–H groups in total. The lowest BCUT2D eigenvalue weighted by Crippen LogP contribution is -2.26. The Morgan fingerprint density at radius 1 is 1.09 bits per heavy atom. The van der Waals surface area contributed by atoms with Crippen molar-refractivity contribution in [3.8, 4) is 11.5 Å². The van der Waals surface area contributed by atoms with E-state index < -0.39 is 0 Å². The second kappa shape index (κ2) is 9.82. The fraction of sp³-hybridized carbons (Fsp3) is 0.700. The largest absolute Gasteiger partial charge is 0.493 e. The molecule has 0 bridgehead atoms. The van der Waals surface area contributed by atoms with Crippen molar-refractivity contribution in [2.75, 3.05) is 13.7 Å². The first-order valence-corrected chi connectivity index (χ1v) is 8.86. The zero-order valence-corrected chi connectivity index (χ0v) is 15.5. The second-order valence-corrected chi connectivity index (χ2v) is 7.31. The van der Waals surface area contributed by atoms with Crippen LogP contribution in [0.5, 0.6) is 11.5 Å². The Morgan fingerprint density at radius 3 is 2.43 bits per heavy atom. The van der Waals surface area contributed by atoms with Crippen molar-refractivity contribution in [2.45, 2.75) is 72.3 Å². The quantitative estimate of drug-likeness (QED) is 0.616. The fourth-order valence-electron chi connectivity index (χ4n) is 2.43. The van der Waals surface area contributed by atoms with Crippen LogP contribution in [0.4, 0.5) is 0 Å². The van der Waals surface area contributed by atoms with Crippen LogP contribution in [0, 0.1) is 5.41 Å². The van der Waals surface area contributed by atoms with Gasteiger partial charge in [0.2, 0.25) is 0 Å². The van der Waals surface area contributed by atoms with Crippen LogP contribution in [0.2, 0.25) is 0 Å². The van der Waals surface area contributed by atoms with Gasteiger partial charge in [-0.2, -0.15) is 0 Å². The average molecular weight is 322 g/mol. The summed E-state index contributed by atoms with van der Waals surface area (Å²) < 4.78 is 11.3. The molecule has 3 heteroatoms. The van der Waals surface area contributed by atoms with Gasteiger partial charge in [-0.15, -0.1) is 0 Å². The Labute approximate surface area is 142 Å². The molecule has 0 heterocycles. The van der Waals surface area contributed by atoms with Gasteiger partial charge < -0.3 is 14.6 Å². The number of aliphatic hydroxyl groups is 1. The van der Waals surface area contributed by atoms with Gasteiger partial charge in [0.15, 0.2) is 11.5 Å². The van der Waals surface area contributed by atoms with Crippen LogP contribution in [0.15, 0.2) is 18.2 Å². The predicted octanol–water partition coefficient (Wildman–Crippen LogP) is 4.99. The molecule has 0 spiro atoms. The average Bonchev–Trinajstić information content (AvgIpc) is 2.52. The third-order valence-corrected chi connectivity index (χ3v) is 4.19. The van der Waals surface area contributed by atoms with E-state index in [0.29, 0.717) is 0 Å². The number of methoxy groups -OCH3 is 1. The van der Waals surface area contributed by atoms with Crippen LogP contribution < -0.4 is 9.47 Å². The molecule has 1 atom stereocenters. The van der Waals surface area contributed by atoms with E-state index in [2.05, 4.69) is 33.8 Å². The monoisotopic (exact) mass is 322 g/mol. The molecule has 0 saturated heterocycles. The molecule has 1 aromatic rings. The van der Waals surface area contributed by atoms with Gasteiger partial charge in [0.25, 0.3) is 0 Å². The molecule has 0 radical (unpaired) electrons. The van der Waals surface area contributed by atoms with E-state index in [0.717, 1.165) is 37.4 Å². The minimum atomic E-state index is -0.303. The lowest BCUT2D eigenvalue weighted by molar-refractivity contribution is 0.0560. The number of hydrogen-bond acceptors (Lipinski definition) is 3. The summed E-state index contributed by atoms with van der Waals surface area (Å²) in [4.78, 5) is 0. The summed E-state index contributed by atoms with van der Waals surface area (Å²) in [6.45, 7) is 9.13. The van der Waals surface area contributed by atoms with Crippen molar-refractivity contribution in [3.05, 3.63) is 23.8 Å². The summed E-state index contributed by atoms with van der Waals surface area (Å²) in [5.74, 6) is 1.59. The van der Waals surface area contributed by atoms with Crippen LogP contribution in [0.25, 0.3) is 0 Å². The van der Waals surface area contributed by atoms with Crippen LogP contribution >= 0.6 is 0 Å². The molecule has 1 aromatic carbocycles. The summed E-state index contributed by atoms with van der Waals surface area (Å²) in [5, 5.41) is 10.2. The highest BCUT2D eigenvalue weighted by atomic mass is 16.5. The SMILES string of the molecule is CCCCCCOc1ccc(CCC(O)C(C)(C)C)cc1OC. The second-order valence-electron chi connectivity index (χ2n) is 7.31. The van der Waals surface area contributed by atoms with Crippen molar-refractivity contribution >= 4 is 0 Å². The number of hydrogen-bond donors (Lipinski definition) is 1. The molecule has 0 aliphatic carbocycles. The normalized spacial score (nSPS) is 13.0. The standard InChI is InChI=1S/C20H34O3/c1-6-7-8-9-14-23-17-12-10-16(15-18(17)22-5)11-13-19(21)20(2,3)4/h10,12,15,19,21H,6-9,11,13-14H2,1-5H3. The maximum absolute atomic E-state index is 10.2. The number of ether oxygens (including phenoxy) is 2. The van der Waals surface area contributed by atoms with Crippen molar-refractivity contribution in [1.82, 2.24) is 0 Å². The van der Waals surface area contributed by atoms with Gasteiger partial charge in [-0.05, 0) is 42.4 Å². The van der Waals surface area contributed by atoms with Crippen LogP contribution in [0.3, 0.4) is 0 Å². The maximum atomic E-state index is 10.2. The lowest BCUT2D eigenvalue weighted by atomic mass is 9.86. The van der Waals surface area contributed by atoms with Crippen molar-refractivity contribution in [2.24, 2.45) is 5.41 Å². The Hall–Kier alpha value is -1.22. The highest BCUT2D eigenvalue weighted by molar-refractivity contribution is 5.43. The molecular weight excluding hydrogens is 288 g/mol. The molecule has 0 amide bonds. The van der Waals surface area contributed by atoms with Gasteiger partial charge in [0.1, 0.15) is 0 Å². The highest BCUT2D eigenvalue weighted by Gasteiger charge is 2.21. The van der Waals surface area contributed by atoms with Gasteiger partial charge in [-0.3, -0.25) is 0 Å². The topological polar surface area (TPSA) is 38.7 Å². The number of aryl methyl sites for hydroxylation is 1. The van der Waals surface area contributed by atoms with Gasteiger partial charge in [0.05, 0.1) is 19.8 Å². The van der Waals surface area contributed by atoms with Crippen LogP contribution in [-0.2, 0) is 6.42 Å². The Kier molecular flexibility index (Phi) is 8.46. The van der Waals surface area contributed by atoms with Gasteiger partial charge in [-0.1, -0.05) is 53.0 Å². The molecule has 0 aliphatic heterocycles. The molecule has 3 nitrogen and oxygen atoms in total. The fourth-order valence-corrected chi connectivity index (χ4v) is 2.43. The third-order valence-electron chi connectivity index (χ3n) is 4.19. The Balaban J connectivity index is 2.55. The smallest absolute Gasteiger partial charge is 0.161 e. The first kappa shape index (κ1) is 19.8. The molecular formula is C20H34O3. The zero-order valence-electron chi connectivity index (χ0n) is 15.5. The molecule has 0 fully saturated rings. The van der Waals surface area contributed by atoms with E-state index in [4.69, 9.17) is 9.47 Å². The lowest BCUT2D eigenvalue weighted by Gasteiger charge is -2.25. The molecule has 1 unspecified atom stereocenters. The minimum absolute atomic E-state index is 0.0778. The van der Waals surface area contributed by atoms with Gasteiger partial charge >= 0.3 is 0 Å². The van der Waals surface area contributed by atoms with Crippen molar-refractivity contribution in [3.63, 3.8) is 0 Å². The number of benzene rings is 1. The maximum Gasteiger partial charge on any atom is 0.161 e. The van der Waals surface area contributed by atoms with Crippen molar-refractivity contribution < 1.29 is 14.6 Å². The molecule has 23 heavy (non-hydrogen) atoms. The van der Waals surface area contributed by atoms with Gasteiger partial charge in [0, 0.05) is 0 Å². The van der Waals surface area contributed by atoms with E-state index in [1.165, 1.54) is 24.8 Å². The van der Waals surface area contributed by atoms with Gasteiger partial charge in [-0.25, -0.2) is 0 Å². The minimum Gasteiger partial charge on any atom is -0.493 e. The summed E-state index contributed by atoms with van der Waals surface area (Å²) >= 11 is 0. The third kappa shape index (κ3) is 7.26. The van der Waals surface area contributed by atoms with Crippen LogP contribution in [0.1, 0.15) is 65.4 Å². The first-order valence-electron chi connectivity index (χ1n) is 8.86. The molecule has 132 valence electrons. The molecule has 0 aliphatic rings. The molecule has 0 aromatic heterocycles. The number of aliphatic hydroxyl groups excluding tert-OH is 1. The van der Waals surface area contributed by atoms with E-state index in [-0.39, 0.29) is 11.5 Å². The summed E-state index contributed by atoms with van der Waals surface area (Å²) in [6.07, 6.45) is 6.07. The van der Waals surface area contributed by atoms with E-state index in [1.54, 1.807) is 7.11 Å². The Bertz CT molecular complexity index is 449. The number of rotatable bonds is 10. The van der Waals surface area contributed by atoms with E-state index in [9.17, 15) is 5.11 Å².